The summed E-state index contributed by atoms with van der Waals surface area (Å²) >= 11 is 6.31. The number of anilines is 1. The third-order valence-corrected chi connectivity index (χ3v) is 6.48. The number of halogens is 2. The molecular formula is C24H31ClFN3O4S. The summed E-state index contributed by atoms with van der Waals surface area (Å²) in [4.78, 5) is 27.9. The molecule has 2 rings (SSSR count). The summed E-state index contributed by atoms with van der Waals surface area (Å²) < 4.78 is 40.2. The molecular weight excluding hydrogens is 481 g/mol. The van der Waals surface area contributed by atoms with E-state index in [0.29, 0.717) is 14.9 Å². The normalized spacial score (nSPS) is 12.7. The van der Waals surface area contributed by atoms with Crippen LogP contribution in [0.5, 0.6) is 0 Å². The number of carbonyl (C=O) groups excluding carboxylic acids is 2. The van der Waals surface area contributed by atoms with Crippen LogP contribution in [0.4, 0.5) is 10.1 Å². The number of para-hydroxylation sites is 1. The van der Waals surface area contributed by atoms with Gasteiger partial charge in [-0.3, -0.25) is 13.9 Å². The second-order valence-electron chi connectivity index (χ2n) is 9.00. The zero-order valence-electron chi connectivity index (χ0n) is 20.0. The molecule has 7 nitrogen and oxygen atoms in total. The highest BCUT2D eigenvalue weighted by atomic mass is 35.5. The minimum absolute atomic E-state index is 0.0244. The number of rotatable bonds is 9. The van der Waals surface area contributed by atoms with Crippen molar-refractivity contribution in [3.05, 3.63) is 64.9 Å². The zero-order valence-corrected chi connectivity index (χ0v) is 21.6. The van der Waals surface area contributed by atoms with Gasteiger partial charge in [0.25, 0.3) is 0 Å². The van der Waals surface area contributed by atoms with Gasteiger partial charge in [0, 0.05) is 17.1 Å². The second-order valence-corrected chi connectivity index (χ2v) is 11.3. The molecule has 0 saturated carbocycles. The third kappa shape index (κ3) is 7.43. The lowest BCUT2D eigenvalue weighted by atomic mass is 10.1. The van der Waals surface area contributed by atoms with E-state index < -0.39 is 39.9 Å². The lowest BCUT2D eigenvalue weighted by molar-refractivity contribution is -0.141. The molecule has 0 aromatic heterocycles. The van der Waals surface area contributed by atoms with E-state index >= 15 is 0 Å². The molecule has 1 N–H and O–H groups in total. The predicted molar refractivity (Wildman–Crippen MR) is 133 cm³/mol. The molecule has 0 heterocycles. The van der Waals surface area contributed by atoms with Crippen LogP contribution in [-0.4, -0.2) is 49.5 Å². The van der Waals surface area contributed by atoms with Gasteiger partial charge in [0.05, 0.1) is 11.9 Å². The summed E-state index contributed by atoms with van der Waals surface area (Å²) in [5.74, 6) is -1.83. The van der Waals surface area contributed by atoms with Crippen LogP contribution >= 0.6 is 11.6 Å². The minimum Gasteiger partial charge on any atom is -0.350 e. The molecule has 0 aliphatic rings. The van der Waals surface area contributed by atoms with Gasteiger partial charge >= 0.3 is 0 Å². The molecule has 2 amide bonds. The quantitative estimate of drug-likeness (QED) is 0.552. The van der Waals surface area contributed by atoms with Crippen molar-refractivity contribution in [3.63, 3.8) is 0 Å². The number of sulfonamides is 1. The number of nitrogens with one attached hydrogen (secondary N) is 1. The van der Waals surface area contributed by atoms with Gasteiger partial charge in [-0.2, -0.15) is 0 Å². The van der Waals surface area contributed by atoms with E-state index in [2.05, 4.69) is 5.32 Å². The molecule has 0 aliphatic heterocycles. The van der Waals surface area contributed by atoms with Crippen molar-refractivity contribution in [1.29, 1.82) is 0 Å². The number of amides is 2. The molecule has 186 valence electrons. The van der Waals surface area contributed by atoms with Gasteiger partial charge in [0.15, 0.2) is 0 Å². The molecule has 0 spiro atoms. The van der Waals surface area contributed by atoms with E-state index in [1.165, 1.54) is 23.1 Å². The van der Waals surface area contributed by atoms with Crippen LogP contribution in [0.15, 0.2) is 48.5 Å². The molecule has 2 aromatic rings. The Morgan fingerprint density at radius 1 is 1.09 bits per heavy atom. The largest absolute Gasteiger partial charge is 0.350 e. The maximum absolute atomic E-state index is 14.4. The summed E-state index contributed by atoms with van der Waals surface area (Å²) in [6.07, 6.45) is 1.17. The number of carbonyl (C=O) groups is 2. The summed E-state index contributed by atoms with van der Waals surface area (Å²) in [5, 5.41) is 3.28. The van der Waals surface area contributed by atoms with E-state index in [1.54, 1.807) is 31.2 Å². The van der Waals surface area contributed by atoms with Gasteiger partial charge in [-0.05, 0) is 51.0 Å². The number of benzene rings is 2. The van der Waals surface area contributed by atoms with Crippen LogP contribution in [0.1, 0.15) is 39.7 Å². The van der Waals surface area contributed by atoms with E-state index in [4.69, 9.17) is 11.6 Å². The molecule has 0 radical (unpaired) electrons. The Labute approximate surface area is 205 Å². The monoisotopic (exact) mass is 511 g/mol. The zero-order chi connectivity index (χ0) is 25.7. The molecule has 0 saturated heterocycles. The smallest absolute Gasteiger partial charge is 0.244 e. The average molecular weight is 512 g/mol. The summed E-state index contributed by atoms with van der Waals surface area (Å²) in [6, 6.07) is 11.3. The first-order chi connectivity index (χ1) is 15.7. The third-order valence-electron chi connectivity index (χ3n) is 4.98. The molecule has 0 bridgehead atoms. The SMILES string of the molecule is CCC(C(=O)NC(C)(C)C)N(Cc1ccccc1Cl)C(=O)CN(c1ccccc1F)S(C)(=O)=O. The van der Waals surface area contributed by atoms with Crippen molar-refractivity contribution in [2.75, 3.05) is 17.1 Å². The van der Waals surface area contributed by atoms with Gasteiger partial charge in [-0.15, -0.1) is 0 Å². The second kappa shape index (κ2) is 11.2. The highest BCUT2D eigenvalue weighted by molar-refractivity contribution is 7.92. The van der Waals surface area contributed by atoms with Crippen LogP contribution in [0, 0.1) is 5.82 Å². The number of nitrogens with zero attached hydrogens (tertiary/aromatic N) is 2. The van der Waals surface area contributed by atoms with Gasteiger partial charge in [-0.25, -0.2) is 12.8 Å². The van der Waals surface area contributed by atoms with Crippen LogP contribution in [0.2, 0.25) is 5.02 Å². The lowest BCUT2D eigenvalue weighted by Crippen LogP contribution is -2.55. The summed E-state index contributed by atoms with van der Waals surface area (Å²) in [5.41, 5.74) is -0.199. The average Bonchev–Trinajstić information content (AvgIpc) is 2.71. The van der Waals surface area contributed by atoms with Crippen molar-refractivity contribution >= 4 is 39.1 Å². The highest BCUT2D eigenvalue weighted by Crippen LogP contribution is 2.24. The Bertz CT molecular complexity index is 1140. The Morgan fingerprint density at radius 3 is 2.21 bits per heavy atom. The molecule has 10 heteroatoms. The van der Waals surface area contributed by atoms with Gasteiger partial charge < -0.3 is 10.2 Å². The number of hydrogen-bond donors (Lipinski definition) is 1. The molecule has 1 atom stereocenters. The maximum Gasteiger partial charge on any atom is 0.244 e. The van der Waals surface area contributed by atoms with Crippen molar-refractivity contribution < 1.29 is 22.4 Å². The fourth-order valence-electron chi connectivity index (χ4n) is 3.43. The predicted octanol–water partition coefficient (Wildman–Crippen LogP) is 3.97. The molecule has 0 fully saturated rings. The van der Waals surface area contributed by atoms with Gasteiger partial charge in [0.1, 0.15) is 18.4 Å². The Kier molecular flexibility index (Phi) is 9.08. The van der Waals surface area contributed by atoms with Crippen molar-refractivity contribution in [3.8, 4) is 0 Å². The van der Waals surface area contributed by atoms with Crippen molar-refractivity contribution in [2.24, 2.45) is 0 Å². The van der Waals surface area contributed by atoms with Gasteiger partial charge in [0.2, 0.25) is 21.8 Å². The first-order valence-electron chi connectivity index (χ1n) is 10.8. The number of hydrogen-bond acceptors (Lipinski definition) is 4. The minimum atomic E-state index is -4.01. The summed E-state index contributed by atoms with van der Waals surface area (Å²) in [6.45, 7) is 6.52. The highest BCUT2D eigenvalue weighted by Gasteiger charge is 2.33. The molecule has 2 aromatic carbocycles. The van der Waals surface area contributed by atoms with E-state index in [-0.39, 0.29) is 24.6 Å². The standard InChI is InChI=1S/C24H31ClFN3O4S/c1-6-20(23(31)27-24(2,3)4)28(15-17-11-7-8-12-18(17)25)22(30)16-29(34(5,32)33)21-14-10-9-13-19(21)26/h7-14,20H,6,15-16H2,1-5H3,(H,27,31). The molecule has 34 heavy (non-hydrogen) atoms. The topological polar surface area (TPSA) is 86.8 Å². The Balaban J connectivity index is 2.49. The lowest BCUT2D eigenvalue weighted by Gasteiger charge is -2.34. The first-order valence-corrected chi connectivity index (χ1v) is 13.0. The molecule has 0 aliphatic carbocycles. The first kappa shape index (κ1) is 27.6. The Hall–Kier alpha value is -2.65. The van der Waals surface area contributed by atoms with E-state index in [9.17, 15) is 22.4 Å². The van der Waals surface area contributed by atoms with E-state index in [1.807, 2.05) is 20.8 Å². The van der Waals surface area contributed by atoms with Crippen LogP contribution < -0.4 is 9.62 Å². The summed E-state index contributed by atoms with van der Waals surface area (Å²) in [7, 11) is -4.01. The van der Waals surface area contributed by atoms with Crippen molar-refractivity contribution in [2.45, 2.75) is 52.2 Å². The fourth-order valence-corrected chi connectivity index (χ4v) is 4.48. The van der Waals surface area contributed by atoms with Crippen LogP contribution in [0.3, 0.4) is 0 Å². The van der Waals surface area contributed by atoms with E-state index in [0.717, 1.165) is 12.3 Å². The fraction of sp³-hybridized carbons (Fsp3) is 0.417. The van der Waals surface area contributed by atoms with Crippen molar-refractivity contribution in [1.82, 2.24) is 10.2 Å². The maximum atomic E-state index is 14.4. The van der Waals surface area contributed by atoms with Crippen LogP contribution in [0.25, 0.3) is 0 Å². The molecule has 1 unspecified atom stereocenters. The van der Waals surface area contributed by atoms with Gasteiger partial charge in [-0.1, -0.05) is 48.9 Å². The van der Waals surface area contributed by atoms with Crippen LogP contribution in [-0.2, 0) is 26.2 Å². The Morgan fingerprint density at radius 2 is 1.68 bits per heavy atom.